The van der Waals surface area contributed by atoms with E-state index in [-0.39, 0.29) is 12.1 Å². The summed E-state index contributed by atoms with van der Waals surface area (Å²) in [6.07, 6.45) is 2.26. The first kappa shape index (κ1) is 14.9. The number of likely N-dealkylation sites (tertiary alicyclic amines) is 1. The molecule has 3 heteroatoms. The van der Waals surface area contributed by atoms with Crippen LogP contribution in [-0.2, 0) is 0 Å². The van der Waals surface area contributed by atoms with E-state index >= 15 is 0 Å². The van der Waals surface area contributed by atoms with Crippen molar-refractivity contribution in [2.75, 3.05) is 13.1 Å². The zero-order valence-electron chi connectivity index (χ0n) is 12.8. The fraction of sp³-hybridized carbons (Fsp3) is 0.588. The quantitative estimate of drug-likeness (QED) is 0.892. The highest BCUT2D eigenvalue weighted by atomic mass is 16.2. The Labute approximate surface area is 122 Å². The van der Waals surface area contributed by atoms with Gasteiger partial charge in [-0.05, 0) is 37.2 Å². The third-order valence-electron chi connectivity index (χ3n) is 4.41. The number of benzene rings is 1. The molecule has 3 nitrogen and oxygen atoms in total. The normalized spacial score (nSPS) is 18.1. The maximum atomic E-state index is 12.3. The predicted octanol–water partition coefficient (Wildman–Crippen LogP) is 3.83. The molecule has 0 spiro atoms. The molecule has 1 N–H and O–H groups in total. The van der Waals surface area contributed by atoms with Crippen molar-refractivity contribution in [3.8, 4) is 0 Å². The minimum absolute atomic E-state index is 0.0616. The summed E-state index contributed by atoms with van der Waals surface area (Å²) in [5.41, 5.74) is 1.15. The molecule has 1 saturated heterocycles. The van der Waals surface area contributed by atoms with Crippen LogP contribution < -0.4 is 5.32 Å². The molecule has 1 fully saturated rings. The second-order valence-corrected chi connectivity index (χ2v) is 6.15. The first-order chi connectivity index (χ1) is 9.58. The lowest BCUT2D eigenvalue weighted by Gasteiger charge is -2.34. The lowest BCUT2D eigenvalue weighted by Crippen LogP contribution is -2.45. The molecule has 2 rings (SSSR count). The largest absolute Gasteiger partial charge is 0.331 e. The van der Waals surface area contributed by atoms with Crippen molar-refractivity contribution in [2.45, 2.75) is 39.7 Å². The fourth-order valence-corrected chi connectivity index (χ4v) is 2.87. The minimum atomic E-state index is 0.0616. The average molecular weight is 274 g/mol. The molecule has 0 saturated carbocycles. The van der Waals surface area contributed by atoms with Gasteiger partial charge in [0.05, 0.1) is 6.04 Å². The Balaban J connectivity index is 1.84. The number of hydrogen-bond acceptors (Lipinski definition) is 1. The molecule has 1 aromatic rings. The van der Waals surface area contributed by atoms with Crippen LogP contribution in [0.2, 0.25) is 0 Å². The predicted molar refractivity (Wildman–Crippen MR) is 82.5 cm³/mol. The van der Waals surface area contributed by atoms with E-state index in [0.717, 1.165) is 43.3 Å². The van der Waals surface area contributed by atoms with Crippen molar-refractivity contribution in [3.05, 3.63) is 35.9 Å². The molecular weight excluding hydrogens is 248 g/mol. The summed E-state index contributed by atoms with van der Waals surface area (Å²) in [4.78, 5) is 14.2. The highest BCUT2D eigenvalue weighted by Gasteiger charge is 2.25. The van der Waals surface area contributed by atoms with Crippen LogP contribution in [0.15, 0.2) is 30.3 Å². The summed E-state index contributed by atoms with van der Waals surface area (Å²) in [7, 11) is 0. The van der Waals surface area contributed by atoms with Gasteiger partial charge in [-0.25, -0.2) is 4.79 Å². The smallest absolute Gasteiger partial charge is 0.317 e. The van der Waals surface area contributed by atoms with Gasteiger partial charge in [-0.1, -0.05) is 44.2 Å². The summed E-state index contributed by atoms with van der Waals surface area (Å²) >= 11 is 0. The van der Waals surface area contributed by atoms with E-state index in [1.807, 2.05) is 30.0 Å². The Bertz CT molecular complexity index is 422. The topological polar surface area (TPSA) is 32.3 Å². The van der Waals surface area contributed by atoms with Crippen molar-refractivity contribution in [2.24, 2.45) is 11.8 Å². The van der Waals surface area contributed by atoms with E-state index in [9.17, 15) is 4.79 Å². The number of nitrogens with zero attached hydrogens (tertiary/aromatic N) is 1. The van der Waals surface area contributed by atoms with E-state index in [0.29, 0.717) is 0 Å². The van der Waals surface area contributed by atoms with E-state index in [1.54, 1.807) is 0 Å². The van der Waals surface area contributed by atoms with Gasteiger partial charge in [0.15, 0.2) is 0 Å². The number of rotatable bonds is 3. The minimum Gasteiger partial charge on any atom is -0.331 e. The van der Waals surface area contributed by atoms with Crippen LogP contribution in [0.3, 0.4) is 0 Å². The van der Waals surface area contributed by atoms with E-state index in [1.165, 1.54) is 0 Å². The van der Waals surface area contributed by atoms with Crippen molar-refractivity contribution < 1.29 is 4.79 Å². The highest BCUT2D eigenvalue weighted by molar-refractivity contribution is 5.74. The number of amides is 2. The Morgan fingerprint density at radius 2 is 1.75 bits per heavy atom. The van der Waals surface area contributed by atoms with Gasteiger partial charge in [-0.3, -0.25) is 0 Å². The number of hydrogen-bond donors (Lipinski definition) is 1. The number of carbonyl (C=O) groups excluding carboxylic acids is 1. The first-order valence-corrected chi connectivity index (χ1v) is 7.68. The zero-order chi connectivity index (χ0) is 14.5. The molecular formula is C17H26N2O. The van der Waals surface area contributed by atoms with Gasteiger partial charge in [0.1, 0.15) is 0 Å². The summed E-state index contributed by atoms with van der Waals surface area (Å²) in [6, 6.07) is 10.2. The molecule has 1 heterocycles. The third-order valence-corrected chi connectivity index (χ3v) is 4.41. The van der Waals surface area contributed by atoms with Crippen molar-refractivity contribution in [3.63, 3.8) is 0 Å². The second kappa shape index (κ2) is 6.78. The molecule has 1 unspecified atom stereocenters. The molecule has 20 heavy (non-hydrogen) atoms. The molecule has 1 aromatic carbocycles. The van der Waals surface area contributed by atoms with Crippen molar-refractivity contribution >= 4 is 6.03 Å². The molecule has 2 amide bonds. The molecule has 1 atom stereocenters. The second-order valence-electron chi connectivity index (χ2n) is 6.15. The Kier molecular flexibility index (Phi) is 5.05. The molecule has 1 aliphatic rings. The Morgan fingerprint density at radius 1 is 1.15 bits per heavy atom. The molecule has 0 aromatic heterocycles. The number of carbonyl (C=O) groups is 1. The third kappa shape index (κ3) is 3.75. The van der Waals surface area contributed by atoms with Gasteiger partial charge < -0.3 is 10.2 Å². The summed E-state index contributed by atoms with van der Waals surface area (Å²) < 4.78 is 0. The fourth-order valence-electron chi connectivity index (χ4n) is 2.87. The van der Waals surface area contributed by atoms with Crippen LogP contribution in [0.4, 0.5) is 4.79 Å². The van der Waals surface area contributed by atoms with Crippen molar-refractivity contribution in [1.82, 2.24) is 10.2 Å². The monoisotopic (exact) mass is 274 g/mol. The summed E-state index contributed by atoms with van der Waals surface area (Å²) in [6.45, 7) is 8.36. The van der Waals surface area contributed by atoms with E-state index in [2.05, 4.69) is 31.3 Å². The van der Waals surface area contributed by atoms with Crippen LogP contribution in [0.25, 0.3) is 0 Å². The van der Waals surface area contributed by atoms with Gasteiger partial charge in [-0.2, -0.15) is 0 Å². The SMILES string of the molecule is CC(NC(=O)N1CCC(C(C)C)CC1)c1ccccc1. The Morgan fingerprint density at radius 3 is 2.30 bits per heavy atom. The van der Waals surface area contributed by atoms with Gasteiger partial charge in [-0.15, -0.1) is 0 Å². The van der Waals surface area contributed by atoms with Gasteiger partial charge in [0.25, 0.3) is 0 Å². The number of urea groups is 1. The maximum absolute atomic E-state index is 12.3. The van der Waals surface area contributed by atoms with Crippen LogP contribution in [0, 0.1) is 11.8 Å². The van der Waals surface area contributed by atoms with Crippen LogP contribution >= 0.6 is 0 Å². The molecule has 0 aliphatic carbocycles. The van der Waals surface area contributed by atoms with Crippen molar-refractivity contribution in [1.29, 1.82) is 0 Å². The van der Waals surface area contributed by atoms with E-state index < -0.39 is 0 Å². The summed E-state index contributed by atoms with van der Waals surface area (Å²) in [5.74, 6) is 1.49. The number of piperidine rings is 1. The molecule has 0 radical (unpaired) electrons. The first-order valence-electron chi connectivity index (χ1n) is 7.68. The van der Waals surface area contributed by atoms with Crippen LogP contribution in [-0.4, -0.2) is 24.0 Å². The van der Waals surface area contributed by atoms with Gasteiger partial charge >= 0.3 is 6.03 Å². The summed E-state index contributed by atoms with van der Waals surface area (Å²) in [5, 5.41) is 3.10. The molecule has 0 bridgehead atoms. The molecule has 110 valence electrons. The molecule has 1 aliphatic heterocycles. The lowest BCUT2D eigenvalue weighted by atomic mass is 9.87. The average Bonchev–Trinajstić information content (AvgIpc) is 2.48. The maximum Gasteiger partial charge on any atom is 0.317 e. The highest BCUT2D eigenvalue weighted by Crippen LogP contribution is 2.24. The van der Waals surface area contributed by atoms with Crippen LogP contribution in [0.1, 0.15) is 45.2 Å². The van der Waals surface area contributed by atoms with E-state index in [4.69, 9.17) is 0 Å². The van der Waals surface area contributed by atoms with Crippen LogP contribution in [0.5, 0.6) is 0 Å². The standard InChI is InChI=1S/C17H26N2O/c1-13(2)15-9-11-19(12-10-15)17(20)18-14(3)16-7-5-4-6-8-16/h4-8,13-15H,9-12H2,1-3H3,(H,18,20). The Hall–Kier alpha value is -1.51. The zero-order valence-corrected chi connectivity index (χ0v) is 12.8. The number of nitrogens with one attached hydrogen (secondary N) is 1. The van der Waals surface area contributed by atoms with Gasteiger partial charge in [0.2, 0.25) is 0 Å². The van der Waals surface area contributed by atoms with Gasteiger partial charge in [0, 0.05) is 13.1 Å². The lowest BCUT2D eigenvalue weighted by molar-refractivity contribution is 0.154.